The molecule has 1 aliphatic rings. The van der Waals surface area contributed by atoms with Crippen molar-refractivity contribution in [3.8, 4) is 0 Å². The number of aromatic nitrogens is 3. The second-order valence-electron chi connectivity index (χ2n) is 6.83. The molecule has 1 aliphatic carbocycles. The number of amides is 1. The highest BCUT2D eigenvalue weighted by Gasteiger charge is 2.44. The molecule has 3 atom stereocenters. The summed E-state index contributed by atoms with van der Waals surface area (Å²) in [5.41, 5.74) is 1.79. The number of thioether (sulfide) groups is 1. The number of carbonyl (C=O) groups excluding carboxylic acids is 1. The number of rotatable bonds is 7. The van der Waals surface area contributed by atoms with Crippen LogP contribution in [0.3, 0.4) is 0 Å². The predicted molar refractivity (Wildman–Crippen MR) is 104 cm³/mol. The fourth-order valence-electron chi connectivity index (χ4n) is 3.44. The lowest BCUT2D eigenvalue weighted by Gasteiger charge is -2.17. The molecule has 4 rings (SSSR count). The highest BCUT2D eigenvalue weighted by molar-refractivity contribution is 7.98. The molecule has 2 heterocycles. The van der Waals surface area contributed by atoms with Gasteiger partial charge in [-0.05, 0) is 60.6 Å². The van der Waals surface area contributed by atoms with Crippen LogP contribution >= 0.6 is 11.8 Å². The predicted octanol–water partition coefficient (Wildman–Crippen LogP) is 3.58. The maximum atomic E-state index is 13.1. The van der Waals surface area contributed by atoms with E-state index in [0.29, 0.717) is 0 Å². The zero-order valence-corrected chi connectivity index (χ0v) is 15.8. The van der Waals surface area contributed by atoms with Crippen LogP contribution in [0.5, 0.6) is 0 Å². The molecule has 3 aromatic rings. The monoisotopic (exact) mass is 384 g/mol. The van der Waals surface area contributed by atoms with E-state index in [-0.39, 0.29) is 29.6 Å². The fourth-order valence-corrected chi connectivity index (χ4v) is 3.91. The summed E-state index contributed by atoms with van der Waals surface area (Å²) in [6.07, 6.45) is 5.55. The molecule has 27 heavy (non-hydrogen) atoms. The number of fused-ring (bicyclic) bond motifs is 1. The summed E-state index contributed by atoms with van der Waals surface area (Å²) in [4.78, 5) is 12.8. The van der Waals surface area contributed by atoms with Crippen molar-refractivity contribution >= 4 is 23.3 Å². The van der Waals surface area contributed by atoms with E-state index < -0.39 is 0 Å². The molecule has 0 radical (unpaired) electrons. The minimum atomic E-state index is -0.254. The van der Waals surface area contributed by atoms with E-state index in [1.807, 2.05) is 35.1 Å². The first-order chi connectivity index (χ1) is 13.2. The van der Waals surface area contributed by atoms with Gasteiger partial charge in [0.1, 0.15) is 5.82 Å². The van der Waals surface area contributed by atoms with Gasteiger partial charge in [0.05, 0.1) is 6.04 Å². The SMILES string of the molecule is CSCCC(NC(=O)C1CC1c1ccc(F)cc1)c1nnc2ccccn12. The molecule has 1 saturated carbocycles. The van der Waals surface area contributed by atoms with Gasteiger partial charge in [0.25, 0.3) is 0 Å². The van der Waals surface area contributed by atoms with Crippen molar-refractivity contribution in [1.82, 2.24) is 19.9 Å². The van der Waals surface area contributed by atoms with Crippen LogP contribution in [0.25, 0.3) is 5.65 Å². The summed E-state index contributed by atoms with van der Waals surface area (Å²) < 4.78 is 15.0. The van der Waals surface area contributed by atoms with Crippen LogP contribution < -0.4 is 5.32 Å². The molecule has 1 aromatic carbocycles. The van der Waals surface area contributed by atoms with E-state index in [0.717, 1.165) is 35.6 Å². The molecule has 7 heteroatoms. The van der Waals surface area contributed by atoms with Crippen LogP contribution in [-0.4, -0.2) is 32.5 Å². The smallest absolute Gasteiger partial charge is 0.224 e. The molecular formula is C20H21FN4OS. The van der Waals surface area contributed by atoms with Crippen LogP contribution in [-0.2, 0) is 4.79 Å². The zero-order chi connectivity index (χ0) is 18.8. The standard InChI is InChI=1S/C20H21FN4OS/c1-27-11-9-17(19-24-23-18-4-2-3-10-25(18)19)22-20(26)16-12-15(16)13-5-7-14(21)8-6-13/h2-8,10,15-17H,9,11-12H2,1H3,(H,22,26). The number of hydrogen-bond donors (Lipinski definition) is 1. The molecule has 3 unspecified atom stereocenters. The second-order valence-corrected chi connectivity index (χ2v) is 7.82. The Hall–Kier alpha value is -2.41. The van der Waals surface area contributed by atoms with Gasteiger partial charge in [0.2, 0.25) is 5.91 Å². The molecule has 0 saturated heterocycles. The highest BCUT2D eigenvalue weighted by atomic mass is 32.2. The molecule has 1 amide bonds. The molecule has 1 N–H and O–H groups in total. The van der Waals surface area contributed by atoms with Crippen molar-refractivity contribution in [3.05, 3.63) is 65.9 Å². The summed E-state index contributed by atoms with van der Waals surface area (Å²) in [7, 11) is 0. The van der Waals surface area contributed by atoms with E-state index in [9.17, 15) is 9.18 Å². The second kappa shape index (κ2) is 7.68. The lowest BCUT2D eigenvalue weighted by molar-refractivity contribution is -0.123. The summed E-state index contributed by atoms with van der Waals surface area (Å²) in [6.45, 7) is 0. The number of pyridine rings is 1. The van der Waals surface area contributed by atoms with Gasteiger partial charge in [-0.25, -0.2) is 4.39 Å². The Morgan fingerprint density at radius 2 is 2.11 bits per heavy atom. The van der Waals surface area contributed by atoms with E-state index >= 15 is 0 Å². The van der Waals surface area contributed by atoms with Crippen molar-refractivity contribution in [2.24, 2.45) is 5.92 Å². The lowest BCUT2D eigenvalue weighted by Crippen LogP contribution is -2.31. The first-order valence-electron chi connectivity index (χ1n) is 9.02. The number of hydrogen-bond acceptors (Lipinski definition) is 4. The quantitative estimate of drug-likeness (QED) is 0.676. The minimum absolute atomic E-state index is 0.0307. The van der Waals surface area contributed by atoms with Crippen molar-refractivity contribution in [1.29, 1.82) is 0 Å². The lowest BCUT2D eigenvalue weighted by atomic mass is 10.1. The third-order valence-electron chi connectivity index (χ3n) is 5.00. The third kappa shape index (κ3) is 3.83. The van der Waals surface area contributed by atoms with Crippen LogP contribution in [0.1, 0.15) is 36.2 Å². The molecule has 1 fully saturated rings. The number of carbonyl (C=O) groups is 1. The Labute approximate surface area is 161 Å². The van der Waals surface area contributed by atoms with Gasteiger partial charge in [0, 0.05) is 12.1 Å². The first kappa shape index (κ1) is 18.0. The van der Waals surface area contributed by atoms with Crippen LogP contribution in [0.4, 0.5) is 4.39 Å². The molecule has 2 aromatic heterocycles. The maximum absolute atomic E-state index is 13.1. The Kier molecular flexibility index (Phi) is 5.11. The molecule has 0 bridgehead atoms. The fraction of sp³-hybridized carbons (Fsp3) is 0.350. The number of benzene rings is 1. The Morgan fingerprint density at radius 1 is 1.30 bits per heavy atom. The molecule has 0 aliphatic heterocycles. The van der Waals surface area contributed by atoms with E-state index in [1.165, 1.54) is 12.1 Å². The third-order valence-corrected chi connectivity index (χ3v) is 5.65. The summed E-state index contributed by atoms with van der Waals surface area (Å²) >= 11 is 1.74. The Bertz CT molecular complexity index is 943. The largest absolute Gasteiger partial charge is 0.346 e. The molecule has 140 valence electrons. The number of nitrogens with one attached hydrogen (secondary N) is 1. The van der Waals surface area contributed by atoms with Gasteiger partial charge in [0.15, 0.2) is 11.5 Å². The Morgan fingerprint density at radius 3 is 2.89 bits per heavy atom. The van der Waals surface area contributed by atoms with Crippen molar-refractivity contribution in [3.63, 3.8) is 0 Å². The summed E-state index contributed by atoms with van der Waals surface area (Å²) in [6, 6.07) is 12.0. The van der Waals surface area contributed by atoms with Crippen molar-refractivity contribution < 1.29 is 9.18 Å². The van der Waals surface area contributed by atoms with Gasteiger partial charge in [-0.15, -0.1) is 10.2 Å². The minimum Gasteiger partial charge on any atom is -0.346 e. The average Bonchev–Trinajstić information content (AvgIpc) is 3.38. The molecule has 0 spiro atoms. The topological polar surface area (TPSA) is 59.3 Å². The normalized spacial score (nSPS) is 19.8. The van der Waals surface area contributed by atoms with Crippen LogP contribution in [0, 0.1) is 11.7 Å². The Balaban J connectivity index is 1.49. The molecular weight excluding hydrogens is 363 g/mol. The first-order valence-corrected chi connectivity index (χ1v) is 10.4. The van der Waals surface area contributed by atoms with Crippen LogP contribution in [0.15, 0.2) is 48.7 Å². The van der Waals surface area contributed by atoms with Gasteiger partial charge in [-0.1, -0.05) is 18.2 Å². The van der Waals surface area contributed by atoms with E-state index in [2.05, 4.69) is 15.5 Å². The van der Waals surface area contributed by atoms with Crippen LogP contribution in [0.2, 0.25) is 0 Å². The highest BCUT2D eigenvalue weighted by Crippen LogP contribution is 2.47. The van der Waals surface area contributed by atoms with Crippen molar-refractivity contribution in [2.45, 2.75) is 24.8 Å². The van der Waals surface area contributed by atoms with E-state index in [4.69, 9.17) is 0 Å². The molecule has 5 nitrogen and oxygen atoms in total. The van der Waals surface area contributed by atoms with Crippen molar-refractivity contribution in [2.75, 3.05) is 12.0 Å². The van der Waals surface area contributed by atoms with Gasteiger partial charge in [-0.3, -0.25) is 9.20 Å². The zero-order valence-electron chi connectivity index (χ0n) is 15.0. The maximum Gasteiger partial charge on any atom is 0.224 e. The van der Waals surface area contributed by atoms with Gasteiger partial charge >= 0.3 is 0 Å². The van der Waals surface area contributed by atoms with E-state index in [1.54, 1.807) is 23.9 Å². The van der Waals surface area contributed by atoms with Gasteiger partial charge in [-0.2, -0.15) is 11.8 Å². The van der Waals surface area contributed by atoms with Gasteiger partial charge < -0.3 is 5.32 Å². The number of halogens is 1. The number of nitrogens with zero attached hydrogens (tertiary/aromatic N) is 3. The average molecular weight is 384 g/mol. The summed E-state index contributed by atoms with van der Waals surface area (Å²) in [5.74, 6) is 1.55. The summed E-state index contributed by atoms with van der Waals surface area (Å²) in [5, 5.41) is 11.7.